The molecular formula is C16H16Cl2N2O2S2. The van der Waals surface area contributed by atoms with Gasteiger partial charge in [0.15, 0.2) is 0 Å². The van der Waals surface area contributed by atoms with Gasteiger partial charge in [0.1, 0.15) is 0 Å². The first-order chi connectivity index (χ1) is 11.0. The van der Waals surface area contributed by atoms with Crippen LogP contribution in [0.2, 0.25) is 5.02 Å². The van der Waals surface area contributed by atoms with Crippen molar-refractivity contribution < 1.29 is 8.42 Å². The molecule has 3 aromatic rings. The first-order valence-corrected chi connectivity index (χ1v) is 9.68. The topological polar surface area (TPSA) is 51.1 Å². The Bertz CT molecular complexity index is 919. The molecular weight excluding hydrogens is 387 g/mol. The molecule has 128 valence electrons. The molecule has 0 aliphatic rings. The van der Waals surface area contributed by atoms with Crippen LogP contribution in [0.1, 0.15) is 5.56 Å². The van der Waals surface area contributed by atoms with E-state index in [-0.39, 0.29) is 17.3 Å². The van der Waals surface area contributed by atoms with Crippen molar-refractivity contribution in [2.45, 2.75) is 11.4 Å². The zero-order chi connectivity index (χ0) is 16.4. The van der Waals surface area contributed by atoms with Crippen molar-refractivity contribution in [3.63, 3.8) is 0 Å². The first-order valence-electron chi connectivity index (χ1n) is 6.92. The van der Waals surface area contributed by atoms with Gasteiger partial charge in [-0.05, 0) is 48.3 Å². The Labute approximate surface area is 156 Å². The van der Waals surface area contributed by atoms with Crippen molar-refractivity contribution in [1.29, 1.82) is 0 Å². The fourth-order valence-electron chi connectivity index (χ4n) is 2.36. The number of benzene rings is 1. The minimum Gasteiger partial charge on any atom is -0.316 e. The highest BCUT2D eigenvalue weighted by Crippen LogP contribution is 2.29. The van der Waals surface area contributed by atoms with Crippen LogP contribution >= 0.6 is 35.3 Å². The molecule has 4 nitrogen and oxygen atoms in total. The summed E-state index contributed by atoms with van der Waals surface area (Å²) in [7, 11) is -1.88. The summed E-state index contributed by atoms with van der Waals surface area (Å²) in [5, 5.41) is 7.30. The van der Waals surface area contributed by atoms with Crippen LogP contribution in [0.5, 0.6) is 0 Å². The molecule has 0 radical (unpaired) electrons. The molecule has 1 N–H and O–H groups in total. The second-order valence-corrected chi connectivity index (χ2v) is 8.07. The van der Waals surface area contributed by atoms with Gasteiger partial charge < -0.3 is 5.32 Å². The monoisotopic (exact) mass is 402 g/mol. The highest BCUT2D eigenvalue weighted by atomic mass is 35.5. The van der Waals surface area contributed by atoms with E-state index >= 15 is 0 Å². The summed E-state index contributed by atoms with van der Waals surface area (Å²) >= 11 is 7.48. The molecule has 2 aromatic heterocycles. The highest BCUT2D eigenvalue weighted by molar-refractivity contribution is 7.90. The molecule has 0 aliphatic heterocycles. The summed E-state index contributed by atoms with van der Waals surface area (Å²) in [6.45, 7) is 0.592. The molecule has 3 rings (SSSR count). The van der Waals surface area contributed by atoms with Crippen molar-refractivity contribution in [3.8, 4) is 11.3 Å². The maximum atomic E-state index is 13.0. The van der Waals surface area contributed by atoms with Crippen LogP contribution in [0.3, 0.4) is 0 Å². The van der Waals surface area contributed by atoms with Gasteiger partial charge in [0.05, 0.1) is 10.6 Å². The smallest absolute Gasteiger partial charge is 0.268 e. The minimum atomic E-state index is -3.71. The predicted octanol–water partition coefficient (Wildman–Crippen LogP) is 4.25. The van der Waals surface area contributed by atoms with E-state index in [1.54, 1.807) is 24.4 Å². The molecule has 0 amide bonds. The van der Waals surface area contributed by atoms with Crippen molar-refractivity contribution in [2.24, 2.45) is 0 Å². The number of hydrogen-bond donors (Lipinski definition) is 1. The van der Waals surface area contributed by atoms with Gasteiger partial charge in [-0.25, -0.2) is 12.4 Å². The normalized spacial score (nSPS) is 11.2. The van der Waals surface area contributed by atoms with Crippen LogP contribution in [0.25, 0.3) is 11.3 Å². The zero-order valence-electron chi connectivity index (χ0n) is 12.8. The van der Waals surface area contributed by atoms with E-state index in [0.717, 1.165) is 11.1 Å². The standard InChI is InChI=1S/C16H15ClN2O2S2.ClH/c1-18-9-12-7-16(13-5-6-22-11-13)19(10-12)23(20,21)15-4-2-3-14(17)8-15;/h2-8,10-11,18H,9H2,1H3;1H. The van der Waals surface area contributed by atoms with E-state index in [1.807, 2.05) is 29.9 Å². The van der Waals surface area contributed by atoms with Crippen molar-refractivity contribution >= 4 is 45.4 Å². The lowest BCUT2D eigenvalue weighted by Gasteiger charge is -2.10. The van der Waals surface area contributed by atoms with E-state index in [4.69, 9.17) is 11.6 Å². The molecule has 0 spiro atoms. The molecule has 0 bridgehead atoms. The van der Waals surface area contributed by atoms with Gasteiger partial charge in [-0.15, -0.1) is 12.4 Å². The molecule has 8 heteroatoms. The van der Waals surface area contributed by atoms with Gasteiger partial charge in [-0.3, -0.25) is 0 Å². The second-order valence-electron chi connectivity index (χ2n) is 5.03. The van der Waals surface area contributed by atoms with E-state index in [0.29, 0.717) is 17.3 Å². The van der Waals surface area contributed by atoms with Gasteiger partial charge in [-0.1, -0.05) is 17.7 Å². The number of aromatic nitrogens is 1. The van der Waals surface area contributed by atoms with Crippen LogP contribution in [0.15, 0.2) is 58.3 Å². The van der Waals surface area contributed by atoms with Gasteiger partial charge >= 0.3 is 0 Å². The molecule has 1 aromatic carbocycles. The number of rotatable bonds is 5. The third kappa shape index (κ3) is 3.68. The summed E-state index contributed by atoms with van der Waals surface area (Å²) in [6, 6.07) is 10.1. The summed E-state index contributed by atoms with van der Waals surface area (Å²) in [5.74, 6) is 0. The van der Waals surface area contributed by atoms with Gasteiger partial charge in [0.25, 0.3) is 10.0 Å². The van der Waals surface area contributed by atoms with Crippen molar-refractivity contribution in [2.75, 3.05) is 7.05 Å². The summed E-state index contributed by atoms with van der Waals surface area (Å²) in [5.41, 5.74) is 2.43. The Morgan fingerprint density at radius 1 is 1.25 bits per heavy atom. The minimum absolute atomic E-state index is 0. The SMILES string of the molecule is CNCc1cc(-c2ccsc2)n(S(=O)(=O)c2cccc(Cl)c2)c1.Cl. The molecule has 0 aliphatic carbocycles. The van der Waals surface area contributed by atoms with Crippen LogP contribution in [-0.2, 0) is 16.6 Å². The molecule has 2 heterocycles. The molecule has 0 saturated heterocycles. The summed E-state index contributed by atoms with van der Waals surface area (Å²) < 4.78 is 27.3. The van der Waals surface area contributed by atoms with Gasteiger partial charge in [-0.2, -0.15) is 11.3 Å². The maximum absolute atomic E-state index is 13.0. The number of thiophene rings is 1. The molecule has 0 unspecified atom stereocenters. The average molecular weight is 403 g/mol. The Morgan fingerprint density at radius 3 is 2.67 bits per heavy atom. The lowest BCUT2D eigenvalue weighted by Crippen LogP contribution is -2.13. The van der Waals surface area contributed by atoms with Crippen LogP contribution in [0, 0.1) is 0 Å². The van der Waals surface area contributed by atoms with E-state index in [9.17, 15) is 8.42 Å². The van der Waals surface area contributed by atoms with Gasteiger partial charge in [0, 0.05) is 28.7 Å². The van der Waals surface area contributed by atoms with Gasteiger partial charge in [0.2, 0.25) is 0 Å². The van der Waals surface area contributed by atoms with Crippen LogP contribution < -0.4 is 5.32 Å². The largest absolute Gasteiger partial charge is 0.316 e. The molecule has 0 fully saturated rings. The molecule has 0 atom stereocenters. The predicted molar refractivity (Wildman–Crippen MR) is 102 cm³/mol. The average Bonchev–Trinajstić information content (AvgIpc) is 3.16. The highest BCUT2D eigenvalue weighted by Gasteiger charge is 2.22. The van der Waals surface area contributed by atoms with E-state index in [1.165, 1.54) is 21.4 Å². The maximum Gasteiger partial charge on any atom is 0.268 e. The molecule has 0 saturated carbocycles. The number of nitrogens with zero attached hydrogens (tertiary/aromatic N) is 1. The van der Waals surface area contributed by atoms with E-state index < -0.39 is 10.0 Å². The third-order valence-electron chi connectivity index (χ3n) is 3.39. The first kappa shape index (κ1) is 19.0. The Morgan fingerprint density at radius 2 is 2.04 bits per heavy atom. The van der Waals surface area contributed by atoms with Crippen molar-refractivity contribution in [3.05, 3.63) is 63.9 Å². The fourth-order valence-corrected chi connectivity index (χ4v) is 4.71. The Hall–Kier alpha value is -1.31. The lowest BCUT2D eigenvalue weighted by atomic mass is 10.2. The summed E-state index contributed by atoms with van der Waals surface area (Å²) in [6.07, 6.45) is 1.65. The van der Waals surface area contributed by atoms with Crippen LogP contribution in [0.4, 0.5) is 0 Å². The number of halogens is 2. The Balaban J connectivity index is 0.00000208. The lowest BCUT2D eigenvalue weighted by molar-refractivity contribution is 0.588. The second kappa shape index (κ2) is 7.72. The van der Waals surface area contributed by atoms with E-state index in [2.05, 4.69) is 5.32 Å². The fraction of sp³-hybridized carbons (Fsp3) is 0.125. The quantitative estimate of drug-likeness (QED) is 0.693. The Kier molecular flexibility index (Phi) is 6.11. The van der Waals surface area contributed by atoms with Crippen LogP contribution in [-0.4, -0.2) is 19.4 Å². The molecule has 24 heavy (non-hydrogen) atoms. The summed E-state index contributed by atoms with van der Waals surface area (Å²) in [4.78, 5) is 0.174. The van der Waals surface area contributed by atoms with Crippen molar-refractivity contribution in [1.82, 2.24) is 9.29 Å². The number of nitrogens with one attached hydrogen (secondary N) is 1. The number of hydrogen-bond acceptors (Lipinski definition) is 4. The third-order valence-corrected chi connectivity index (χ3v) is 5.98. The zero-order valence-corrected chi connectivity index (χ0v) is 16.0.